The van der Waals surface area contributed by atoms with Crippen LogP contribution in [0.25, 0.3) is 0 Å². The molecule has 1 unspecified atom stereocenters. The van der Waals surface area contributed by atoms with E-state index in [-0.39, 0.29) is 11.5 Å². The van der Waals surface area contributed by atoms with Crippen LogP contribution >= 0.6 is 0 Å². The molecule has 0 radical (unpaired) electrons. The largest absolute Gasteiger partial charge is 0.378 e. The first kappa shape index (κ1) is 13.5. The molecule has 94 valence electrons. The van der Waals surface area contributed by atoms with Gasteiger partial charge in [-0.3, -0.25) is 4.79 Å². The number of nitrogens with zero attached hydrogens (tertiary/aromatic N) is 1. The van der Waals surface area contributed by atoms with Crippen molar-refractivity contribution in [2.45, 2.75) is 44.8 Å². The van der Waals surface area contributed by atoms with E-state index in [9.17, 15) is 4.79 Å². The predicted octanol–water partition coefficient (Wildman–Crippen LogP) is 1.01. The molecule has 1 atom stereocenters. The number of carbonyl (C=O) groups is 1. The molecule has 0 aliphatic carbocycles. The van der Waals surface area contributed by atoms with Gasteiger partial charge in [-0.05, 0) is 33.7 Å². The van der Waals surface area contributed by atoms with Gasteiger partial charge in [-0.1, -0.05) is 0 Å². The normalized spacial score (nSPS) is 21.5. The summed E-state index contributed by atoms with van der Waals surface area (Å²) >= 11 is 0. The maximum Gasteiger partial charge on any atom is 0.225 e. The van der Waals surface area contributed by atoms with Crippen LogP contribution in [0.2, 0.25) is 0 Å². The highest BCUT2D eigenvalue weighted by Crippen LogP contribution is 2.21. The third-order valence-electron chi connectivity index (χ3n) is 3.27. The molecule has 0 aromatic carbocycles. The van der Waals surface area contributed by atoms with Gasteiger partial charge in [0.1, 0.15) is 0 Å². The molecule has 1 amide bonds. The molecule has 16 heavy (non-hydrogen) atoms. The van der Waals surface area contributed by atoms with E-state index in [4.69, 9.17) is 4.74 Å². The van der Waals surface area contributed by atoms with Gasteiger partial charge in [-0.2, -0.15) is 0 Å². The van der Waals surface area contributed by atoms with Gasteiger partial charge in [-0.15, -0.1) is 0 Å². The number of likely N-dealkylation sites (N-methyl/N-ethyl adjacent to an activating group) is 1. The van der Waals surface area contributed by atoms with Gasteiger partial charge in [0.15, 0.2) is 0 Å². The summed E-state index contributed by atoms with van der Waals surface area (Å²) in [6, 6.07) is 0.366. The van der Waals surface area contributed by atoms with Crippen molar-refractivity contribution in [1.82, 2.24) is 10.2 Å². The van der Waals surface area contributed by atoms with Gasteiger partial charge in [0.05, 0.1) is 12.0 Å². The van der Waals surface area contributed by atoms with Crippen molar-refractivity contribution in [1.29, 1.82) is 0 Å². The summed E-state index contributed by atoms with van der Waals surface area (Å²) in [6.45, 7) is 5.69. The molecule has 1 N–H and O–H groups in total. The average Bonchev–Trinajstić information content (AvgIpc) is 2.66. The SMILES string of the molecule is CNCC1CCCN1C(=O)CC(C)(C)OC. The second-order valence-corrected chi connectivity index (χ2v) is 5.08. The molecule has 1 aliphatic heterocycles. The summed E-state index contributed by atoms with van der Waals surface area (Å²) < 4.78 is 5.30. The Kier molecular flexibility index (Phi) is 4.74. The second kappa shape index (κ2) is 5.64. The number of ether oxygens (including phenoxy) is 1. The Morgan fingerprint density at radius 3 is 2.81 bits per heavy atom. The number of rotatable bonds is 5. The average molecular weight is 228 g/mol. The number of nitrogens with one attached hydrogen (secondary N) is 1. The molecule has 0 spiro atoms. The summed E-state index contributed by atoms with van der Waals surface area (Å²) in [5.41, 5.74) is -0.357. The molecule has 4 heteroatoms. The fourth-order valence-electron chi connectivity index (χ4n) is 2.15. The van der Waals surface area contributed by atoms with Crippen molar-refractivity contribution in [3.8, 4) is 0 Å². The number of hydrogen-bond donors (Lipinski definition) is 1. The Labute approximate surface area is 98.3 Å². The number of carbonyl (C=O) groups excluding carboxylic acids is 1. The molecule has 0 bridgehead atoms. The van der Waals surface area contributed by atoms with Crippen molar-refractivity contribution < 1.29 is 9.53 Å². The van der Waals surface area contributed by atoms with Crippen molar-refractivity contribution in [3.05, 3.63) is 0 Å². The zero-order valence-corrected chi connectivity index (χ0v) is 10.9. The topological polar surface area (TPSA) is 41.6 Å². The molecule has 1 fully saturated rings. The van der Waals surface area contributed by atoms with Gasteiger partial charge in [0, 0.05) is 26.2 Å². The Morgan fingerprint density at radius 2 is 2.25 bits per heavy atom. The van der Waals surface area contributed by atoms with E-state index in [1.807, 2.05) is 25.8 Å². The summed E-state index contributed by atoms with van der Waals surface area (Å²) in [5.74, 6) is 0.213. The minimum Gasteiger partial charge on any atom is -0.378 e. The zero-order chi connectivity index (χ0) is 12.2. The lowest BCUT2D eigenvalue weighted by Gasteiger charge is -2.29. The van der Waals surface area contributed by atoms with Crippen LogP contribution in [-0.4, -0.2) is 49.7 Å². The van der Waals surface area contributed by atoms with Gasteiger partial charge >= 0.3 is 0 Å². The van der Waals surface area contributed by atoms with E-state index >= 15 is 0 Å². The fraction of sp³-hybridized carbons (Fsp3) is 0.917. The number of amides is 1. The van der Waals surface area contributed by atoms with Crippen molar-refractivity contribution in [2.75, 3.05) is 27.2 Å². The Hall–Kier alpha value is -0.610. The smallest absolute Gasteiger partial charge is 0.225 e. The standard InChI is InChI=1S/C12H24N2O2/c1-12(2,16-4)8-11(15)14-7-5-6-10(14)9-13-3/h10,13H,5-9H2,1-4H3. The summed E-state index contributed by atoms with van der Waals surface area (Å²) in [4.78, 5) is 14.1. The Bertz CT molecular complexity index is 241. The lowest BCUT2D eigenvalue weighted by molar-refractivity contribution is -0.137. The molecule has 1 aliphatic rings. The fourth-order valence-corrected chi connectivity index (χ4v) is 2.15. The molecule has 1 saturated heterocycles. The van der Waals surface area contributed by atoms with E-state index < -0.39 is 0 Å². The molecular weight excluding hydrogens is 204 g/mol. The molecular formula is C12H24N2O2. The van der Waals surface area contributed by atoms with Crippen LogP contribution in [0.3, 0.4) is 0 Å². The summed E-state index contributed by atoms with van der Waals surface area (Å²) in [7, 11) is 3.59. The predicted molar refractivity (Wildman–Crippen MR) is 64.4 cm³/mol. The van der Waals surface area contributed by atoms with Gasteiger partial charge in [0.2, 0.25) is 5.91 Å². The minimum atomic E-state index is -0.357. The highest BCUT2D eigenvalue weighted by molar-refractivity contribution is 5.77. The van der Waals surface area contributed by atoms with Crippen LogP contribution in [-0.2, 0) is 9.53 Å². The zero-order valence-electron chi connectivity index (χ0n) is 10.9. The monoisotopic (exact) mass is 228 g/mol. The second-order valence-electron chi connectivity index (χ2n) is 5.08. The van der Waals surface area contributed by atoms with Crippen molar-refractivity contribution >= 4 is 5.91 Å². The van der Waals surface area contributed by atoms with E-state index in [0.717, 1.165) is 25.9 Å². The van der Waals surface area contributed by atoms with Gasteiger partial charge in [-0.25, -0.2) is 0 Å². The summed E-state index contributed by atoms with van der Waals surface area (Å²) in [5, 5.41) is 3.15. The molecule has 0 saturated carbocycles. The van der Waals surface area contributed by atoms with E-state index in [1.165, 1.54) is 0 Å². The Morgan fingerprint density at radius 1 is 1.56 bits per heavy atom. The molecule has 1 rings (SSSR count). The van der Waals surface area contributed by atoms with Crippen molar-refractivity contribution in [3.63, 3.8) is 0 Å². The van der Waals surface area contributed by atoms with E-state index in [0.29, 0.717) is 12.5 Å². The van der Waals surface area contributed by atoms with Crippen LogP contribution in [0.5, 0.6) is 0 Å². The third-order valence-corrected chi connectivity index (χ3v) is 3.27. The van der Waals surface area contributed by atoms with Crippen LogP contribution < -0.4 is 5.32 Å². The quantitative estimate of drug-likeness (QED) is 0.763. The van der Waals surface area contributed by atoms with Gasteiger partial charge in [0.25, 0.3) is 0 Å². The van der Waals surface area contributed by atoms with Crippen molar-refractivity contribution in [2.24, 2.45) is 0 Å². The maximum absolute atomic E-state index is 12.1. The highest BCUT2D eigenvalue weighted by Gasteiger charge is 2.31. The third kappa shape index (κ3) is 3.46. The first-order chi connectivity index (χ1) is 7.50. The number of methoxy groups -OCH3 is 1. The lowest BCUT2D eigenvalue weighted by atomic mass is 10.0. The first-order valence-electron chi connectivity index (χ1n) is 5.99. The minimum absolute atomic E-state index is 0.213. The lowest BCUT2D eigenvalue weighted by Crippen LogP contribution is -2.43. The molecule has 1 heterocycles. The first-order valence-corrected chi connectivity index (χ1v) is 5.99. The number of hydrogen-bond acceptors (Lipinski definition) is 3. The number of likely N-dealkylation sites (tertiary alicyclic amines) is 1. The Balaban J connectivity index is 2.53. The van der Waals surface area contributed by atoms with Gasteiger partial charge < -0.3 is 15.0 Å². The van der Waals surface area contributed by atoms with Crippen LogP contribution in [0.15, 0.2) is 0 Å². The van der Waals surface area contributed by atoms with E-state index in [1.54, 1.807) is 7.11 Å². The van der Waals surface area contributed by atoms with Crippen LogP contribution in [0, 0.1) is 0 Å². The highest BCUT2D eigenvalue weighted by atomic mass is 16.5. The van der Waals surface area contributed by atoms with E-state index in [2.05, 4.69) is 5.32 Å². The van der Waals surface area contributed by atoms with Crippen LogP contribution in [0.4, 0.5) is 0 Å². The molecule has 0 aromatic heterocycles. The maximum atomic E-state index is 12.1. The van der Waals surface area contributed by atoms with Crippen LogP contribution in [0.1, 0.15) is 33.1 Å². The molecule has 0 aromatic rings. The molecule has 4 nitrogen and oxygen atoms in total. The summed E-state index contributed by atoms with van der Waals surface area (Å²) in [6.07, 6.45) is 2.69.